The van der Waals surface area contributed by atoms with E-state index >= 15 is 0 Å². The van der Waals surface area contributed by atoms with Crippen LogP contribution in [-0.4, -0.2) is 36.5 Å². The standard InChI is InChI=1S/C10H14N2O2/c1-12-4-2-8(3-5-12)10-6-9(7-13)11-14-10/h6-8H,2-5H2,1H3. The molecule has 1 aromatic heterocycles. The molecule has 1 saturated heterocycles. The van der Waals surface area contributed by atoms with E-state index in [0.717, 1.165) is 38.0 Å². The highest BCUT2D eigenvalue weighted by atomic mass is 16.5. The summed E-state index contributed by atoms with van der Waals surface area (Å²) in [5, 5.41) is 3.67. The Bertz CT molecular complexity index is 314. The second-order valence-corrected chi connectivity index (χ2v) is 3.85. The molecule has 4 nitrogen and oxygen atoms in total. The van der Waals surface area contributed by atoms with Gasteiger partial charge in [-0.05, 0) is 33.0 Å². The van der Waals surface area contributed by atoms with Crippen LogP contribution in [0, 0.1) is 0 Å². The van der Waals surface area contributed by atoms with Crippen molar-refractivity contribution in [1.82, 2.24) is 10.1 Å². The van der Waals surface area contributed by atoms with E-state index in [-0.39, 0.29) is 0 Å². The molecule has 0 saturated carbocycles. The molecule has 0 N–H and O–H groups in total. The van der Waals surface area contributed by atoms with Gasteiger partial charge >= 0.3 is 0 Å². The molecule has 2 heterocycles. The maximum atomic E-state index is 10.4. The number of hydrogen-bond acceptors (Lipinski definition) is 4. The third-order valence-electron chi connectivity index (χ3n) is 2.79. The summed E-state index contributed by atoms with van der Waals surface area (Å²) in [7, 11) is 2.12. The summed E-state index contributed by atoms with van der Waals surface area (Å²) >= 11 is 0. The molecule has 0 aliphatic carbocycles. The van der Waals surface area contributed by atoms with E-state index in [9.17, 15) is 4.79 Å². The summed E-state index contributed by atoms with van der Waals surface area (Å²) in [5.41, 5.74) is 0.402. The van der Waals surface area contributed by atoms with Crippen molar-refractivity contribution in [2.75, 3.05) is 20.1 Å². The number of nitrogens with zero attached hydrogens (tertiary/aromatic N) is 2. The van der Waals surface area contributed by atoms with Gasteiger partial charge in [-0.2, -0.15) is 0 Å². The number of likely N-dealkylation sites (tertiary alicyclic amines) is 1. The van der Waals surface area contributed by atoms with Crippen LogP contribution < -0.4 is 0 Å². The molecule has 0 radical (unpaired) electrons. The lowest BCUT2D eigenvalue weighted by molar-refractivity contribution is 0.111. The maximum absolute atomic E-state index is 10.4. The van der Waals surface area contributed by atoms with E-state index in [4.69, 9.17) is 4.52 Å². The van der Waals surface area contributed by atoms with E-state index in [1.54, 1.807) is 6.07 Å². The highest BCUT2D eigenvalue weighted by Crippen LogP contribution is 2.27. The van der Waals surface area contributed by atoms with Crippen molar-refractivity contribution in [3.05, 3.63) is 17.5 Å². The van der Waals surface area contributed by atoms with Crippen molar-refractivity contribution in [2.45, 2.75) is 18.8 Å². The summed E-state index contributed by atoms with van der Waals surface area (Å²) in [6.07, 6.45) is 2.90. The van der Waals surface area contributed by atoms with Crippen LogP contribution in [0.5, 0.6) is 0 Å². The van der Waals surface area contributed by atoms with Gasteiger partial charge in [0.15, 0.2) is 6.29 Å². The normalized spacial score (nSPS) is 19.8. The number of hydrogen-bond donors (Lipinski definition) is 0. The lowest BCUT2D eigenvalue weighted by Crippen LogP contribution is -2.29. The van der Waals surface area contributed by atoms with E-state index in [2.05, 4.69) is 17.1 Å². The fourth-order valence-corrected chi connectivity index (χ4v) is 1.84. The lowest BCUT2D eigenvalue weighted by Gasteiger charge is -2.27. The first kappa shape index (κ1) is 9.40. The first-order chi connectivity index (χ1) is 6.79. The number of carbonyl (C=O) groups excluding carboxylic acids is 1. The Morgan fingerprint density at radius 3 is 2.86 bits per heavy atom. The molecule has 0 bridgehead atoms. The van der Waals surface area contributed by atoms with Crippen LogP contribution in [0.4, 0.5) is 0 Å². The fraction of sp³-hybridized carbons (Fsp3) is 0.600. The van der Waals surface area contributed by atoms with Crippen molar-refractivity contribution in [3.63, 3.8) is 0 Å². The number of carbonyl (C=O) groups is 1. The smallest absolute Gasteiger partial charge is 0.171 e. The number of aromatic nitrogens is 1. The zero-order chi connectivity index (χ0) is 9.97. The van der Waals surface area contributed by atoms with Crippen molar-refractivity contribution in [2.24, 2.45) is 0 Å². The average Bonchev–Trinajstić information content (AvgIpc) is 2.67. The molecule has 1 fully saturated rings. The first-order valence-electron chi connectivity index (χ1n) is 4.90. The fourth-order valence-electron chi connectivity index (χ4n) is 1.84. The zero-order valence-corrected chi connectivity index (χ0v) is 8.27. The Balaban J connectivity index is 2.04. The van der Waals surface area contributed by atoms with Crippen molar-refractivity contribution in [1.29, 1.82) is 0 Å². The molecule has 2 rings (SSSR count). The highest BCUT2D eigenvalue weighted by molar-refractivity contribution is 5.71. The molecule has 0 amide bonds. The molecule has 1 aromatic rings. The molecule has 0 atom stereocenters. The molecule has 0 unspecified atom stereocenters. The minimum Gasteiger partial charge on any atom is -0.360 e. The molecule has 76 valence electrons. The van der Waals surface area contributed by atoms with E-state index in [0.29, 0.717) is 11.6 Å². The quantitative estimate of drug-likeness (QED) is 0.666. The molecule has 14 heavy (non-hydrogen) atoms. The molecule has 0 spiro atoms. The third-order valence-corrected chi connectivity index (χ3v) is 2.79. The van der Waals surface area contributed by atoms with Gasteiger partial charge in [0.2, 0.25) is 0 Å². The number of aldehydes is 1. The van der Waals surface area contributed by atoms with Crippen molar-refractivity contribution >= 4 is 6.29 Å². The predicted octanol–water partition coefficient (Wildman–Crippen LogP) is 1.30. The summed E-state index contributed by atoms with van der Waals surface area (Å²) in [6, 6.07) is 1.75. The summed E-state index contributed by atoms with van der Waals surface area (Å²) in [4.78, 5) is 12.7. The van der Waals surface area contributed by atoms with Crippen LogP contribution >= 0.6 is 0 Å². The average molecular weight is 194 g/mol. The monoisotopic (exact) mass is 194 g/mol. The van der Waals surface area contributed by atoms with Crippen LogP contribution in [0.1, 0.15) is 35.0 Å². The minimum absolute atomic E-state index is 0.402. The third kappa shape index (κ3) is 1.85. The predicted molar refractivity (Wildman–Crippen MR) is 51.4 cm³/mol. The summed E-state index contributed by atoms with van der Waals surface area (Å²) < 4.78 is 5.13. The van der Waals surface area contributed by atoms with Crippen molar-refractivity contribution < 1.29 is 9.32 Å². The van der Waals surface area contributed by atoms with Gasteiger partial charge in [-0.15, -0.1) is 0 Å². The van der Waals surface area contributed by atoms with Crippen LogP contribution in [0.2, 0.25) is 0 Å². The second-order valence-electron chi connectivity index (χ2n) is 3.85. The zero-order valence-electron chi connectivity index (χ0n) is 8.27. The molecular weight excluding hydrogens is 180 g/mol. The van der Waals surface area contributed by atoms with Crippen molar-refractivity contribution in [3.8, 4) is 0 Å². The minimum atomic E-state index is 0.402. The molecule has 1 aliphatic heterocycles. The Morgan fingerprint density at radius 2 is 2.29 bits per heavy atom. The lowest BCUT2D eigenvalue weighted by atomic mass is 9.94. The largest absolute Gasteiger partial charge is 0.360 e. The number of piperidine rings is 1. The first-order valence-corrected chi connectivity index (χ1v) is 4.90. The van der Waals surface area contributed by atoms with Crippen LogP contribution in [-0.2, 0) is 0 Å². The topological polar surface area (TPSA) is 46.3 Å². The van der Waals surface area contributed by atoms with E-state index in [1.165, 1.54) is 0 Å². The van der Waals surface area contributed by atoms with Gasteiger partial charge in [0, 0.05) is 12.0 Å². The van der Waals surface area contributed by atoms with Gasteiger partial charge in [0.1, 0.15) is 11.5 Å². The molecule has 0 aromatic carbocycles. The van der Waals surface area contributed by atoms with Crippen LogP contribution in [0.25, 0.3) is 0 Å². The van der Waals surface area contributed by atoms with Gasteiger partial charge in [0.05, 0.1) is 0 Å². The van der Waals surface area contributed by atoms with Crippen LogP contribution in [0.15, 0.2) is 10.6 Å². The Labute approximate surface area is 82.9 Å². The van der Waals surface area contributed by atoms with Gasteiger partial charge < -0.3 is 9.42 Å². The van der Waals surface area contributed by atoms with E-state index < -0.39 is 0 Å². The van der Waals surface area contributed by atoms with Crippen LogP contribution in [0.3, 0.4) is 0 Å². The molecule has 4 heteroatoms. The number of rotatable bonds is 2. The summed E-state index contributed by atoms with van der Waals surface area (Å²) in [6.45, 7) is 2.17. The Morgan fingerprint density at radius 1 is 1.57 bits per heavy atom. The molecule has 1 aliphatic rings. The van der Waals surface area contributed by atoms with E-state index in [1.807, 2.05) is 0 Å². The van der Waals surface area contributed by atoms with Gasteiger partial charge in [-0.1, -0.05) is 5.16 Å². The van der Waals surface area contributed by atoms with Gasteiger partial charge in [-0.25, -0.2) is 0 Å². The summed E-state index contributed by atoms with van der Waals surface area (Å²) in [5.74, 6) is 1.30. The second kappa shape index (κ2) is 3.92. The molecular formula is C10H14N2O2. The Kier molecular flexibility index (Phi) is 2.63. The van der Waals surface area contributed by atoms with Gasteiger partial charge in [-0.3, -0.25) is 4.79 Å². The maximum Gasteiger partial charge on any atom is 0.171 e. The Hall–Kier alpha value is -1.16. The SMILES string of the molecule is CN1CCC(c2cc(C=O)no2)CC1. The van der Waals surface area contributed by atoms with Gasteiger partial charge in [0.25, 0.3) is 0 Å². The highest BCUT2D eigenvalue weighted by Gasteiger charge is 2.21.